The molecule has 0 heterocycles. The largest absolute Gasteiger partial charge is 0.346 e. The van der Waals surface area contributed by atoms with Crippen LogP contribution in [0, 0.1) is 5.82 Å². The fourth-order valence-electron chi connectivity index (χ4n) is 1.09. The predicted molar refractivity (Wildman–Crippen MR) is 63.3 cm³/mol. The Morgan fingerprint density at radius 3 is 2.47 bits per heavy atom. The van der Waals surface area contributed by atoms with Gasteiger partial charge in [0.25, 0.3) is 0 Å². The molecule has 1 aromatic rings. The number of halogens is 2. The highest BCUT2D eigenvalue weighted by molar-refractivity contribution is 6.39. The first kappa shape index (κ1) is 13.4. The van der Waals surface area contributed by atoms with Crippen LogP contribution in [-0.4, -0.2) is 17.9 Å². The molecule has 17 heavy (non-hydrogen) atoms. The summed E-state index contributed by atoms with van der Waals surface area (Å²) in [4.78, 5) is 22.6. The first-order valence-corrected chi connectivity index (χ1v) is 5.35. The van der Waals surface area contributed by atoms with Crippen molar-refractivity contribution >= 4 is 29.1 Å². The zero-order valence-corrected chi connectivity index (χ0v) is 10.1. The molecule has 2 N–H and O–H groups in total. The first-order chi connectivity index (χ1) is 7.90. The van der Waals surface area contributed by atoms with Crippen molar-refractivity contribution in [2.75, 3.05) is 5.32 Å². The van der Waals surface area contributed by atoms with Gasteiger partial charge in [0, 0.05) is 11.7 Å². The van der Waals surface area contributed by atoms with Crippen LogP contribution in [0.25, 0.3) is 0 Å². The molecular weight excluding hydrogens is 247 g/mol. The summed E-state index contributed by atoms with van der Waals surface area (Å²) in [5.74, 6) is -2.27. The Morgan fingerprint density at radius 2 is 1.94 bits per heavy atom. The average Bonchev–Trinajstić information content (AvgIpc) is 2.22. The molecule has 1 aromatic carbocycles. The number of anilines is 1. The number of hydrogen-bond acceptors (Lipinski definition) is 2. The molecule has 1 rings (SSSR count). The van der Waals surface area contributed by atoms with E-state index in [0.717, 1.165) is 6.07 Å². The van der Waals surface area contributed by atoms with E-state index in [0.29, 0.717) is 0 Å². The van der Waals surface area contributed by atoms with Gasteiger partial charge < -0.3 is 10.6 Å². The van der Waals surface area contributed by atoms with Gasteiger partial charge in [-0.1, -0.05) is 11.6 Å². The molecule has 92 valence electrons. The second-order valence-electron chi connectivity index (χ2n) is 3.71. The quantitative estimate of drug-likeness (QED) is 0.797. The van der Waals surface area contributed by atoms with Crippen molar-refractivity contribution in [3.8, 4) is 0 Å². The van der Waals surface area contributed by atoms with Gasteiger partial charge in [0.05, 0.1) is 5.02 Å². The molecule has 0 aromatic heterocycles. The van der Waals surface area contributed by atoms with Crippen LogP contribution in [0.3, 0.4) is 0 Å². The maximum absolute atomic E-state index is 13.1. The molecule has 6 heteroatoms. The third kappa shape index (κ3) is 4.03. The molecular formula is C11H12ClFN2O2. The summed E-state index contributed by atoms with van der Waals surface area (Å²) in [5, 5.41) is 4.64. The Kier molecular flexibility index (Phi) is 4.45. The Balaban J connectivity index is 2.68. The summed E-state index contributed by atoms with van der Waals surface area (Å²) in [6.45, 7) is 3.46. The lowest BCUT2D eigenvalue weighted by Crippen LogP contribution is -2.39. The van der Waals surface area contributed by atoms with Gasteiger partial charge in [-0.25, -0.2) is 4.39 Å². The van der Waals surface area contributed by atoms with E-state index in [1.165, 1.54) is 12.1 Å². The Hall–Kier alpha value is -1.62. The number of amides is 2. The lowest BCUT2D eigenvalue weighted by molar-refractivity contribution is -0.136. The molecule has 0 spiro atoms. The minimum atomic E-state index is -0.847. The number of carbonyl (C=O) groups is 2. The van der Waals surface area contributed by atoms with Crippen molar-refractivity contribution in [3.63, 3.8) is 0 Å². The molecule has 0 radical (unpaired) electrons. The molecule has 0 saturated heterocycles. The van der Waals surface area contributed by atoms with E-state index in [2.05, 4.69) is 10.6 Å². The molecule has 0 saturated carbocycles. The van der Waals surface area contributed by atoms with E-state index in [-0.39, 0.29) is 16.8 Å². The fraction of sp³-hybridized carbons (Fsp3) is 0.273. The Labute approximate surface area is 103 Å². The third-order valence-corrected chi connectivity index (χ3v) is 2.11. The van der Waals surface area contributed by atoms with Gasteiger partial charge in [-0.3, -0.25) is 9.59 Å². The number of rotatable bonds is 2. The topological polar surface area (TPSA) is 58.2 Å². The maximum atomic E-state index is 13.1. The van der Waals surface area contributed by atoms with Gasteiger partial charge in [-0.2, -0.15) is 0 Å². The molecule has 0 aliphatic heterocycles. The van der Waals surface area contributed by atoms with Crippen molar-refractivity contribution in [3.05, 3.63) is 29.0 Å². The van der Waals surface area contributed by atoms with Crippen LogP contribution in [-0.2, 0) is 9.59 Å². The minimum Gasteiger partial charge on any atom is -0.346 e. The zero-order valence-electron chi connectivity index (χ0n) is 9.38. The van der Waals surface area contributed by atoms with Gasteiger partial charge in [0.2, 0.25) is 0 Å². The standard InChI is InChI=1S/C11H12ClFN2O2/c1-6(2)14-10(16)11(17)15-7-3-4-8(12)9(13)5-7/h3-6H,1-2H3,(H,14,16)(H,15,17). The molecule has 0 aliphatic rings. The summed E-state index contributed by atoms with van der Waals surface area (Å²) in [7, 11) is 0. The van der Waals surface area contributed by atoms with E-state index in [1.54, 1.807) is 13.8 Å². The number of benzene rings is 1. The van der Waals surface area contributed by atoms with Crippen LogP contribution in [0.2, 0.25) is 5.02 Å². The van der Waals surface area contributed by atoms with Crippen LogP contribution in [0.4, 0.5) is 10.1 Å². The summed E-state index contributed by atoms with van der Waals surface area (Å²) in [6, 6.07) is 3.61. The molecule has 0 bridgehead atoms. The van der Waals surface area contributed by atoms with Crippen molar-refractivity contribution in [1.82, 2.24) is 5.32 Å². The van der Waals surface area contributed by atoms with Crippen molar-refractivity contribution in [2.24, 2.45) is 0 Å². The van der Waals surface area contributed by atoms with Crippen molar-refractivity contribution in [1.29, 1.82) is 0 Å². The zero-order chi connectivity index (χ0) is 13.0. The van der Waals surface area contributed by atoms with Gasteiger partial charge in [0.1, 0.15) is 5.82 Å². The van der Waals surface area contributed by atoms with Gasteiger partial charge in [-0.15, -0.1) is 0 Å². The van der Waals surface area contributed by atoms with E-state index >= 15 is 0 Å². The molecule has 0 atom stereocenters. The summed E-state index contributed by atoms with van der Waals surface area (Å²) in [5.41, 5.74) is 0.177. The molecule has 0 aliphatic carbocycles. The molecule has 0 fully saturated rings. The van der Waals surface area contributed by atoms with E-state index < -0.39 is 17.6 Å². The molecule has 0 unspecified atom stereocenters. The van der Waals surface area contributed by atoms with Gasteiger partial charge in [-0.05, 0) is 32.0 Å². The minimum absolute atomic E-state index is 0.0466. The fourth-order valence-corrected chi connectivity index (χ4v) is 1.21. The van der Waals surface area contributed by atoms with E-state index in [4.69, 9.17) is 11.6 Å². The first-order valence-electron chi connectivity index (χ1n) is 4.97. The summed E-state index contributed by atoms with van der Waals surface area (Å²) >= 11 is 5.48. The van der Waals surface area contributed by atoms with Crippen LogP contribution in [0.1, 0.15) is 13.8 Å². The van der Waals surface area contributed by atoms with Crippen LogP contribution in [0.15, 0.2) is 18.2 Å². The summed E-state index contributed by atoms with van der Waals surface area (Å²) < 4.78 is 13.1. The number of carbonyl (C=O) groups excluding carboxylic acids is 2. The highest BCUT2D eigenvalue weighted by atomic mass is 35.5. The number of nitrogens with one attached hydrogen (secondary N) is 2. The maximum Gasteiger partial charge on any atom is 0.313 e. The predicted octanol–water partition coefficient (Wildman–Crippen LogP) is 1.94. The van der Waals surface area contributed by atoms with E-state index in [9.17, 15) is 14.0 Å². The normalized spacial score (nSPS) is 10.2. The smallest absolute Gasteiger partial charge is 0.313 e. The second-order valence-corrected chi connectivity index (χ2v) is 4.12. The molecule has 4 nitrogen and oxygen atoms in total. The highest BCUT2D eigenvalue weighted by Gasteiger charge is 2.14. The second kappa shape index (κ2) is 5.63. The highest BCUT2D eigenvalue weighted by Crippen LogP contribution is 2.18. The molecule has 2 amide bonds. The van der Waals surface area contributed by atoms with Crippen molar-refractivity contribution < 1.29 is 14.0 Å². The van der Waals surface area contributed by atoms with Gasteiger partial charge in [0.15, 0.2) is 0 Å². The van der Waals surface area contributed by atoms with E-state index in [1.807, 2.05) is 0 Å². The van der Waals surface area contributed by atoms with Crippen LogP contribution >= 0.6 is 11.6 Å². The lowest BCUT2D eigenvalue weighted by Gasteiger charge is -2.08. The Bertz CT molecular complexity index is 449. The van der Waals surface area contributed by atoms with Crippen LogP contribution in [0.5, 0.6) is 0 Å². The van der Waals surface area contributed by atoms with Crippen LogP contribution < -0.4 is 10.6 Å². The Morgan fingerprint density at radius 1 is 1.29 bits per heavy atom. The average molecular weight is 259 g/mol. The summed E-state index contributed by atoms with van der Waals surface area (Å²) in [6.07, 6.45) is 0. The lowest BCUT2D eigenvalue weighted by atomic mass is 10.3. The van der Waals surface area contributed by atoms with Gasteiger partial charge >= 0.3 is 11.8 Å². The monoisotopic (exact) mass is 258 g/mol. The number of hydrogen-bond donors (Lipinski definition) is 2. The van der Waals surface area contributed by atoms with Crippen molar-refractivity contribution in [2.45, 2.75) is 19.9 Å². The third-order valence-electron chi connectivity index (χ3n) is 1.80. The SMILES string of the molecule is CC(C)NC(=O)C(=O)Nc1ccc(Cl)c(F)c1.